The Labute approximate surface area is 120 Å². The number of carboxylic acids is 1. The second-order valence-electron chi connectivity index (χ2n) is 4.18. The molecular weight excluding hydrogens is 314 g/mol. The fourth-order valence-corrected chi connectivity index (χ4v) is 1.82. The molecule has 0 fully saturated rings. The van der Waals surface area contributed by atoms with E-state index in [0.29, 0.717) is 5.75 Å². The number of hydrogen-bond acceptors (Lipinski definition) is 3. The molecule has 1 aromatic rings. The van der Waals surface area contributed by atoms with Gasteiger partial charge in [-0.15, -0.1) is 0 Å². The lowest BCUT2D eigenvalue weighted by Crippen LogP contribution is -2.46. The first-order valence-corrected chi connectivity index (χ1v) is 6.54. The summed E-state index contributed by atoms with van der Waals surface area (Å²) in [5.74, 6) is -0.882. The monoisotopic (exact) mass is 329 g/mol. The molecule has 1 rings (SSSR count). The number of rotatable bonds is 5. The Morgan fingerprint density at radius 2 is 2.00 bits per heavy atom. The predicted octanol–water partition coefficient (Wildman–Crippen LogP) is 2.15. The summed E-state index contributed by atoms with van der Waals surface area (Å²) >= 11 is 3.31. The lowest BCUT2D eigenvalue weighted by Gasteiger charge is -2.25. The van der Waals surface area contributed by atoms with Gasteiger partial charge in [-0.1, -0.05) is 22.0 Å². The Kier molecular flexibility index (Phi) is 5.35. The Morgan fingerprint density at radius 1 is 1.37 bits per heavy atom. The summed E-state index contributed by atoms with van der Waals surface area (Å²) in [5.41, 5.74) is 0. The third-order valence-electron chi connectivity index (χ3n) is 2.74. The minimum absolute atomic E-state index is 0.380. The van der Waals surface area contributed by atoms with Crippen LogP contribution < -0.4 is 4.74 Å². The fourth-order valence-electron chi connectivity index (χ4n) is 1.44. The van der Waals surface area contributed by atoms with Crippen molar-refractivity contribution in [1.29, 1.82) is 0 Å². The Morgan fingerprint density at radius 3 is 2.53 bits per heavy atom. The van der Waals surface area contributed by atoms with Crippen LogP contribution in [0.15, 0.2) is 28.7 Å². The molecule has 0 heterocycles. The Balaban J connectivity index is 2.70. The number of carbonyl (C=O) groups is 2. The van der Waals surface area contributed by atoms with Crippen molar-refractivity contribution >= 4 is 27.8 Å². The predicted molar refractivity (Wildman–Crippen MR) is 74.1 cm³/mol. The molecule has 0 aliphatic heterocycles. The third kappa shape index (κ3) is 4.24. The molecule has 1 aromatic carbocycles. The molecule has 5 nitrogen and oxygen atoms in total. The molecular formula is C13H16BrNO4. The summed E-state index contributed by atoms with van der Waals surface area (Å²) in [4.78, 5) is 24.0. The van der Waals surface area contributed by atoms with E-state index in [0.717, 1.165) is 9.37 Å². The second-order valence-corrected chi connectivity index (χ2v) is 5.10. The molecule has 104 valence electrons. The number of halogens is 1. The third-order valence-corrected chi connectivity index (χ3v) is 3.24. The second kappa shape index (κ2) is 6.56. The maximum absolute atomic E-state index is 12.0. The van der Waals surface area contributed by atoms with Crippen molar-refractivity contribution in [1.82, 2.24) is 4.90 Å². The zero-order valence-corrected chi connectivity index (χ0v) is 12.5. The molecule has 19 heavy (non-hydrogen) atoms. The quantitative estimate of drug-likeness (QED) is 0.898. The van der Waals surface area contributed by atoms with Crippen molar-refractivity contribution in [2.75, 3.05) is 7.05 Å². The maximum atomic E-state index is 12.0. The van der Waals surface area contributed by atoms with Gasteiger partial charge >= 0.3 is 5.97 Å². The molecule has 1 N–H and O–H groups in total. The number of nitrogens with zero attached hydrogens (tertiary/aromatic N) is 1. The van der Waals surface area contributed by atoms with Gasteiger partial charge in [0.05, 0.1) is 0 Å². The van der Waals surface area contributed by atoms with Crippen molar-refractivity contribution in [3.05, 3.63) is 28.7 Å². The largest absolute Gasteiger partial charge is 0.481 e. The molecule has 2 atom stereocenters. The van der Waals surface area contributed by atoms with Crippen molar-refractivity contribution < 1.29 is 19.4 Å². The first kappa shape index (κ1) is 15.5. The molecule has 0 saturated heterocycles. The molecule has 2 unspecified atom stereocenters. The average molecular weight is 330 g/mol. The van der Waals surface area contributed by atoms with E-state index in [1.807, 2.05) is 6.07 Å². The number of ether oxygens (including phenoxy) is 1. The van der Waals surface area contributed by atoms with E-state index >= 15 is 0 Å². The molecule has 1 amide bonds. The van der Waals surface area contributed by atoms with Gasteiger partial charge in [0, 0.05) is 11.5 Å². The van der Waals surface area contributed by atoms with E-state index in [-0.39, 0.29) is 5.91 Å². The normalized spacial score (nSPS) is 13.5. The highest BCUT2D eigenvalue weighted by atomic mass is 79.9. The molecule has 0 aromatic heterocycles. The summed E-state index contributed by atoms with van der Waals surface area (Å²) in [6.45, 7) is 3.04. The number of benzene rings is 1. The first-order chi connectivity index (χ1) is 8.82. The van der Waals surface area contributed by atoms with Crippen LogP contribution in [0.1, 0.15) is 13.8 Å². The van der Waals surface area contributed by atoms with E-state index < -0.39 is 18.1 Å². The van der Waals surface area contributed by atoms with Crippen LogP contribution in [0, 0.1) is 0 Å². The number of amides is 1. The highest BCUT2D eigenvalue weighted by Gasteiger charge is 2.26. The van der Waals surface area contributed by atoms with E-state index in [9.17, 15) is 9.59 Å². The SMILES string of the molecule is CC(Oc1cccc(Br)c1)C(=O)N(C)C(C)C(=O)O. The van der Waals surface area contributed by atoms with Gasteiger partial charge in [0.1, 0.15) is 11.8 Å². The molecule has 0 radical (unpaired) electrons. The van der Waals surface area contributed by atoms with E-state index in [4.69, 9.17) is 9.84 Å². The number of hydrogen-bond donors (Lipinski definition) is 1. The number of carbonyl (C=O) groups excluding carboxylic acids is 1. The van der Waals surface area contributed by atoms with E-state index in [2.05, 4.69) is 15.9 Å². The summed E-state index contributed by atoms with van der Waals surface area (Å²) in [6, 6.07) is 6.22. The molecule has 0 aliphatic rings. The summed E-state index contributed by atoms with van der Waals surface area (Å²) in [6.07, 6.45) is -0.749. The Hall–Kier alpha value is -1.56. The lowest BCUT2D eigenvalue weighted by molar-refractivity contribution is -0.150. The van der Waals surface area contributed by atoms with Gasteiger partial charge in [-0.05, 0) is 32.0 Å². The minimum atomic E-state index is -1.05. The smallest absolute Gasteiger partial charge is 0.326 e. The Bertz CT molecular complexity index is 477. The minimum Gasteiger partial charge on any atom is -0.481 e. The number of aliphatic carboxylic acids is 1. The van der Waals surface area contributed by atoms with Gasteiger partial charge in [-0.25, -0.2) is 4.79 Å². The molecule has 0 bridgehead atoms. The van der Waals surface area contributed by atoms with Crippen LogP contribution >= 0.6 is 15.9 Å². The summed E-state index contributed by atoms with van der Waals surface area (Å²) < 4.78 is 6.34. The highest BCUT2D eigenvalue weighted by molar-refractivity contribution is 9.10. The first-order valence-electron chi connectivity index (χ1n) is 5.74. The van der Waals surface area contributed by atoms with Gasteiger partial charge in [-0.2, -0.15) is 0 Å². The van der Waals surface area contributed by atoms with Crippen LogP contribution in [0.2, 0.25) is 0 Å². The summed E-state index contributed by atoms with van der Waals surface area (Å²) in [7, 11) is 1.45. The maximum Gasteiger partial charge on any atom is 0.326 e. The fraction of sp³-hybridized carbons (Fsp3) is 0.385. The van der Waals surface area contributed by atoms with Gasteiger partial charge in [0.15, 0.2) is 6.10 Å². The lowest BCUT2D eigenvalue weighted by atomic mass is 10.2. The average Bonchev–Trinajstić information content (AvgIpc) is 2.35. The van der Waals surface area contributed by atoms with Crippen LogP contribution in [0.3, 0.4) is 0 Å². The van der Waals surface area contributed by atoms with E-state index in [1.165, 1.54) is 14.0 Å². The van der Waals surface area contributed by atoms with Crippen LogP contribution in [0.5, 0.6) is 5.75 Å². The topological polar surface area (TPSA) is 66.8 Å². The number of likely N-dealkylation sites (N-methyl/N-ethyl adjacent to an activating group) is 1. The molecule has 6 heteroatoms. The van der Waals surface area contributed by atoms with Crippen molar-refractivity contribution in [3.63, 3.8) is 0 Å². The molecule has 0 aliphatic carbocycles. The van der Waals surface area contributed by atoms with Gasteiger partial charge in [0.2, 0.25) is 0 Å². The standard InChI is InChI=1S/C13H16BrNO4/c1-8(13(17)18)15(3)12(16)9(2)19-11-6-4-5-10(14)7-11/h4-9H,1-3H3,(H,17,18). The highest BCUT2D eigenvalue weighted by Crippen LogP contribution is 2.19. The molecule has 0 spiro atoms. The van der Waals surface area contributed by atoms with Crippen LogP contribution in [0.4, 0.5) is 0 Å². The molecule has 0 saturated carbocycles. The number of carboxylic acid groups (broad SMARTS) is 1. The van der Waals surface area contributed by atoms with Crippen LogP contribution in [-0.2, 0) is 9.59 Å². The van der Waals surface area contributed by atoms with Crippen LogP contribution in [0.25, 0.3) is 0 Å². The van der Waals surface area contributed by atoms with Crippen molar-refractivity contribution in [2.24, 2.45) is 0 Å². The van der Waals surface area contributed by atoms with Crippen molar-refractivity contribution in [3.8, 4) is 5.75 Å². The van der Waals surface area contributed by atoms with E-state index in [1.54, 1.807) is 25.1 Å². The summed E-state index contributed by atoms with van der Waals surface area (Å²) in [5, 5.41) is 8.87. The van der Waals surface area contributed by atoms with Gasteiger partial charge in [-0.3, -0.25) is 4.79 Å². The van der Waals surface area contributed by atoms with Crippen molar-refractivity contribution in [2.45, 2.75) is 26.0 Å². The van der Waals surface area contributed by atoms with Gasteiger partial charge < -0.3 is 14.7 Å². The van der Waals surface area contributed by atoms with Gasteiger partial charge in [0.25, 0.3) is 5.91 Å². The zero-order valence-electron chi connectivity index (χ0n) is 11.0. The zero-order chi connectivity index (χ0) is 14.6. The van der Waals surface area contributed by atoms with Crippen LogP contribution in [-0.4, -0.2) is 41.1 Å².